The van der Waals surface area contributed by atoms with Crippen molar-refractivity contribution in [3.63, 3.8) is 0 Å². The van der Waals surface area contributed by atoms with Crippen LogP contribution in [0.1, 0.15) is 51.4 Å². The van der Waals surface area contributed by atoms with Crippen LogP contribution < -0.4 is 15.5 Å². The average Bonchev–Trinajstić information content (AvgIpc) is 2.87. The Hall–Kier alpha value is -1.75. The van der Waals surface area contributed by atoms with Crippen molar-refractivity contribution < 1.29 is 9.90 Å². The number of hydrogen-bond donors (Lipinski definition) is 3. The van der Waals surface area contributed by atoms with Crippen molar-refractivity contribution in [3.05, 3.63) is 30.3 Å². The normalized spacial score (nSPS) is 21.4. The number of nitrogens with one attached hydrogen (secondary N) is 2. The van der Waals surface area contributed by atoms with Crippen molar-refractivity contribution in [3.8, 4) is 0 Å². The van der Waals surface area contributed by atoms with Gasteiger partial charge in [0.2, 0.25) is 0 Å². The van der Waals surface area contributed by atoms with Gasteiger partial charge < -0.3 is 20.6 Å². The summed E-state index contributed by atoms with van der Waals surface area (Å²) in [4.78, 5) is 14.6. The second-order valence-corrected chi connectivity index (χ2v) is 7.56. The molecule has 0 unspecified atom stereocenters. The Morgan fingerprint density at radius 2 is 1.72 bits per heavy atom. The van der Waals surface area contributed by atoms with Gasteiger partial charge in [-0.1, -0.05) is 43.9 Å². The van der Waals surface area contributed by atoms with Gasteiger partial charge in [0.15, 0.2) is 0 Å². The van der Waals surface area contributed by atoms with Gasteiger partial charge in [-0.3, -0.25) is 0 Å². The summed E-state index contributed by atoms with van der Waals surface area (Å²) in [5.41, 5.74) is 0.533. The first kappa shape index (κ1) is 18.1. The van der Waals surface area contributed by atoms with E-state index >= 15 is 0 Å². The van der Waals surface area contributed by atoms with Crippen LogP contribution in [0.4, 0.5) is 10.5 Å². The Morgan fingerprint density at radius 3 is 2.36 bits per heavy atom. The van der Waals surface area contributed by atoms with E-state index in [4.69, 9.17) is 0 Å². The van der Waals surface area contributed by atoms with Crippen LogP contribution in [0.2, 0.25) is 0 Å². The predicted octanol–water partition coefficient (Wildman–Crippen LogP) is 3.04. The zero-order valence-corrected chi connectivity index (χ0v) is 15.0. The first-order valence-corrected chi connectivity index (χ1v) is 9.71. The molecule has 0 aromatic heterocycles. The number of benzene rings is 1. The molecule has 25 heavy (non-hydrogen) atoms. The molecule has 1 aromatic rings. The van der Waals surface area contributed by atoms with Gasteiger partial charge in [0.25, 0.3) is 0 Å². The van der Waals surface area contributed by atoms with E-state index in [9.17, 15) is 9.90 Å². The van der Waals surface area contributed by atoms with Gasteiger partial charge in [0, 0.05) is 31.4 Å². The van der Waals surface area contributed by atoms with Crippen LogP contribution in [0.5, 0.6) is 0 Å². The number of amides is 2. The second kappa shape index (κ2) is 8.56. The molecule has 0 spiro atoms. The molecule has 138 valence electrons. The van der Waals surface area contributed by atoms with Crippen LogP contribution in [0.25, 0.3) is 0 Å². The molecule has 3 rings (SSSR count). The molecule has 1 heterocycles. The molecule has 1 saturated carbocycles. The highest BCUT2D eigenvalue weighted by molar-refractivity contribution is 5.74. The molecule has 1 aliphatic heterocycles. The maximum atomic E-state index is 12.2. The van der Waals surface area contributed by atoms with Gasteiger partial charge >= 0.3 is 6.03 Å². The maximum Gasteiger partial charge on any atom is 0.315 e. The van der Waals surface area contributed by atoms with Crippen molar-refractivity contribution in [2.45, 2.75) is 63.0 Å². The van der Waals surface area contributed by atoms with E-state index in [-0.39, 0.29) is 12.1 Å². The highest BCUT2D eigenvalue weighted by Crippen LogP contribution is 2.26. The quantitative estimate of drug-likeness (QED) is 0.735. The average molecular weight is 345 g/mol. The third kappa shape index (κ3) is 5.36. The topological polar surface area (TPSA) is 64.6 Å². The number of rotatable bonds is 4. The predicted molar refractivity (Wildman–Crippen MR) is 101 cm³/mol. The van der Waals surface area contributed by atoms with Gasteiger partial charge in [0.1, 0.15) is 0 Å². The van der Waals surface area contributed by atoms with E-state index in [1.54, 1.807) is 0 Å². The van der Waals surface area contributed by atoms with Crippen LogP contribution in [0, 0.1) is 0 Å². The number of nitrogens with zero attached hydrogens (tertiary/aromatic N) is 1. The highest BCUT2D eigenvalue weighted by Gasteiger charge is 2.29. The van der Waals surface area contributed by atoms with Crippen molar-refractivity contribution in [2.24, 2.45) is 0 Å². The largest absolute Gasteiger partial charge is 0.388 e. The van der Waals surface area contributed by atoms with Crippen LogP contribution in [0.15, 0.2) is 30.3 Å². The SMILES string of the molecule is O=C(NCC1(O)CCCCCC1)NC1CCN(c2ccccc2)CC1. The third-order valence-corrected chi connectivity index (χ3v) is 5.56. The maximum absolute atomic E-state index is 12.2. The number of carbonyl (C=O) groups excluding carboxylic acids is 1. The molecule has 0 radical (unpaired) electrons. The molecule has 0 atom stereocenters. The Balaban J connectivity index is 1.39. The van der Waals surface area contributed by atoms with Crippen LogP contribution in [0.3, 0.4) is 0 Å². The third-order valence-electron chi connectivity index (χ3n) is 5.56. The number of hydrogen-bond acceptors (Lipinski definition) is 3. The monoisotopic (exact) mass is 345 g/mol. The molecule has 0 bridgehead atoms. The number of anilines is 1. The lowest BCUT2D eigenvalue weighted by Crippen LogP contribution is -2.51. The molecule has 2 aliphatic rings. The zero-order valence-electron chi connectivity index (χ0n) is 15.0. The van der Waals surface area contributed by atoms with Gasteiger partial charge in [-0.25, -0.2) is 4.79 Å². The van der Waals surface area contributed by atoms with Gasteiger partial charge in [-0.2, -0.15) is 0 Å². The van der Waals surface area contributed by atoms with E-state index in [2.05, 4.69) is 39.8 Å². The minimum atomic E-state index is -0.718. The Kier molecular flexibility index (Phi) is 6.19. The first-order valence-electron chi connectivity index (χ1n) is 9.71. The molecule has 1 aromatic carbocycles. The number of aliphatic hydroxyl groups is 1. The zero-order chi connectivity index (χ0) is 17.5. The minimum absolute atomic E-state index is 0.143. The molecular formula is C20H31N3O2. The lowest BCUT2D eigenvalue weighted by Gasteiger charge is -2.34. The van der Waals surface area contributed by atoms with Crippen LogP contribution in [-0.4, -0.2) is 42.4 Å². The van der Waals surface area contributed by atoms with Gasteiger partial charge in [0.05, 0.1) is 5.60 Å². The number of para-hydroxylation sites is 1. The van der Waals surface area contributed by atoms with Crippen molar-refractivity contribution in [1.29, 1.82) is 0 Å². The van der Waals surface area contributed by atoms with E-state index in [1.807, 2.05) is 6.07 Å². The van der Waals surface area contributed by atoms with Crippen molar-refractivity contribution >= 4 is 11.7 Å². The molecule has 2 amide bonds. The fraction of sp³-hybridized carbons (Fsp3) is 0.650. The van der Waals surface area contributed by atoms with Gasteiger partial charge in [-0.15, -0.1) is 0 Å². The second-order valence-electron chi connectivity index (χ2n) is 7.56. The summed E-state index contributed by atoms with van der Waals surface area (Å²) in [5, 5.41) is 16.6. The first-order chi connectivity index (χ1) is 12.1. The number of urea groups is 1. The fourth-order valence-corrected chi connectivity index (χ4v) is 3.97. The van der Waals surface area contributed by atoms with Crippen molar-refractivity contribution in [1.82, 2.24) is 10.6 Å². The number of carbonyl (C=O) groups is 1. The Morgan fingerprint density at radius 1 is 1.08 bits per heavy atom. The summed E-state index contributed by atoms with van der Waals surface area (Å²) in [6.07, 6.45) is 7.98. The number of piperidine rings is 1. The van der Waals surface area contributed by atoms with Crippen LogP contribution in [-0.2, 0) is 0 Å². The molecule has 5 heteroatoms. The standard InChI is InChI=1S/C20H31N3O2/c24-19(21-16-20(25)12-6-1-2-7-13-20)22-17-10-14-23(15-11-17)18-8-4-3-5-9-18/h3-5,8-9,17,25H,1-2,6-7,10-16H2,(H2,21,22,24). The molecular weight excluding hydrogens is 314 g/mol. The molecule has 5 nitrogen and oxygen atoms in total. The lowest BCUT2D eigenvalue weighted by atomic mass is 9.94. The molecule has 3 N–H and O–H groups in total. The summed E-state index contributed by atoms with van der Waals surface area (Å²) < 4.78 is 0. The minimum Gasteiger partial charge on any atom is -0.388 e. The summed E-state index contributed by atoms with van der Waals surface area (Å²) in [7, 11) is 0. The van der Waals surface area contributed by atoms with E-state index in [0.717, 1.165) is 51.6 Å². The highest BCUT2D eigenvalue weighted by atomic mass is 16.3. The molecule has 1 aliphatic carbocycles. The lowest BCUT2D eigenvalue weighted by molar-refractivity contribution is 0.0275. The molecule has 1 saturated heterocycles. The Bertz CT molecular complexity index is 533. The summed E-state index contributed by atoms with van der Waals surface area (Å²) in [6.45, 7) is 2.28. The van der Waals surface area contributed by atoms with Gasteiger partial charge in [-0.05, 0) is 37.8 Å². The smallest absolute Gasteiger partial charge is 0.315 e. The van der Waals surface area contributed by atoms with E-state index < -0.39 is 5.60 Å². The summed E-state index contributed by atoms with van der Waals surface area (Å²) in [6, 6.07) is 10.5. The summed E-state index contributed by atoms with van der Waals surface area (Å²) in [5.74, 6) is 0. The summed E-state index contributed by atoms with van der Waals surface area (Å²) >= 11 is 0. The van der Waals surface area contributed by atoms with Crippen LogP contribution >= 0.6 is 0 Å². The fourth-order valence-electron chi connectivity index (χ4n) is 3.97. The van der Waals surface area contributed by atoms with E-state index in [0.29, 0.717) is 6.54 Å². The molecule has 2 fully saturated rings. The Labute approximate surface area is 150 Å². The van der Waals surface area contributed by atoms with Crippen molar-refractivity contribution in [2.75, 3.05) is 24.5 Å². The van der Waals surface area contributed by atoms with E-state index in [1.165, 1.54) is 18.5 Å².